The molecule has 0 aromatic rings. The second-order valence-corrected chi connectivity index (χ2v) is 17.3. The molecule has 0 radical (unpaired) electrons. The number of hydrogen-bond acceptors (Lipinski definition) is 9. The summed E-state index contributed by atoms with van der Waals surface area (Å²) in [6.45, 7) is 4.59. The normalized spacial score (nSPS) is 20.3. The van der Waals surface area contributed by atoms with Crippen LogP contribution in [0.2, 0.25) is 0 Å². The molecule has 0 bridgehead atoms. The molecule has 1 heterocycles. The van der Waals surface area contributed by atoms with Crippen molar-refractivity contribution in [3.05, 3.63) is 12.2 Å². The van der Waals surface area contributed by atoms with E-state index in [-0.39, 0.29) is 19.2 Å². The van der Waals surface area contributed by atoms with Crippen LogP contribution < -0.4 is 0 Å². The van der Waals surface area contributed by atoms with E-state index in [9.17, 15) is 25.2 Å². The summed E-state index contributed by atoms with van der Waals surface area (Å²) in [5.74, 6) is -0.309. The van der Waals surface area contributed by atoms with Crippen LogP contribution in [0.25, 0.3) is 0 Å². The Hall–Kier alpha value is -1.07. The summed E-state index contributed by atoms with van der Waals surface area (Å²) in [7, 11) is 0. The molecule has 344 valence electrons. The van der Waals surface area contributed by atoms with Gasteiger partial charge >= 0.3 is 5.97 Å². The molecular formula is C49H94O9. The molecule has 1 saturated heterocycles. The van der Waals surface area contributed by atoms with Crippen molar-refractivity contribution in [1.29, 1.82) is 0 Å². The number of carbonyl (C=O) groups is 1. The summed E-state index contributed by atoms with van der Waals surface area (Å²) >= 11 is 0. The van der Waals surface area contributed by atoms with Gasteiger partial charge in [-0.1, -0.05) is 199 Å². The fourth-order valence-corrected chi connectivity index (χ4v) is 7.78. The van der Waals surface area contributed by atoms with E-state index in [1.807, 2.05) is 0 Å². The highest BCUT2D eigenvalue weighted by Crippen LogP contribution is 2.23. The lowest BCUT2D eigenvalue weighted by atomic mass is 9.99. The molecule has 0 amide bonds. The summed E-state index contributed by atoms with van der Waals surface area (Å²) in [5.41, 5.74) is 0. The first-order valence-electron chi connectivity index (χ1n) is 24.8. The SMILES string of the molecule is CCCCCCCCC/C=C\CCCCCCCCCCOCC(COC1OC(CO)C(O)C(O)C1O)OC(=O)CCCCCCCCCCCCCCCCCC. The molecule has 6 unspecified atom stereocenters. The van der Waals surface area contributed by atoms with Crippen LogP contribution in [0.15, 0.2) is 12.2 Å². The third kappa shape index (κ3) is 31.8. The zero-order valence-electron chi connectivity index (χ0n) is 37.8. The Morgan fingerprint density at radius 2 is 0.948 bits per heavy atom. The Morgan fingerprint density at radius 3 is 1.40 bits per heavy atom. The zero-order valence-corrected chi connectivity index (χ0v) is 37.8. The van der Waals surface area contributed by atoms with Crippen LogP contribution in [0.1, 0.15) is 232 Å². The minimum Gasteiger partial charge on any atom is -0.457 e. The van der Waals surface area contributed by atoms with Crippen LogP contribution in [-0.4, -0.2) is 89.6 Å². The Balaban J connectivity index is 2.21. The van der Waals surface area contributed by atoms with Crippen molar-refractivity contribution in [3.8, 4) is 0 Å². The molecule has 0 aromatic carbocycles. The van der Waals surface area contributed by atoms with Gasteiger partial charge < -0.3 is 39.4 Å². The molecule has 0 aromatic heterocycles. The summed E-state index contributed by atoms with van der Waals surface area (Å²) in [6, 6.07) is 0. The van der Waals surface area contributed by atoms with Crippen molar-refractivity contribution in [3.63, 3.8) is 0 Å². The highest BCUT2D eigenvalue weighted by atomic mass is 16.7. The maximum absolute atomic E-state index is 12.8. The standard InChI is InChI=1S/C49H94O9/c1-3-5-7-9-11-13-15-17-19-21-22-23-25-27-29-31-33-35-37-39-55-41-43(42-56-49-48(54)47(53)46(52)44(40-50)58-49)57-45(51)38-36-34-32-30-28-26-24-20-18-16-14-12-10-8-6-4-2/h19,21,43-44,46-50,52-54H,3-18,20,22-42H2,1-2H3/b21-19-. The molecule has 0 spiro atoms. The molecule has 9 heteroatoms. The van der Waals surface area contributed by atoms with Crippen LogP contribution in [-0.2, 0) is 23.7 Å². The van der Waals surface area contributed by atoms with Crippen LogP contribution >= 0.6 is 0 Å². The summed E-state index contributed by atoms with van der Waals surface area (Å²) < 4.78 is 22.9. The highest BCUT2D eigenvalue weighted by Gasteiger charge is 2.44. The number of esters is 1. The smallest absolute Gasteiger partial charge is 0.306 e. The predicted octanol–water partition coefficient (Wildman–Crippen LogP) is 11.6. The average molecular weight is 827 g/mol. The van der Waals surface area contributed by atoms with E-state index in [0.29, 0.717) is 13.0 Å². The maximum Gasteiger partial charge on any atom is 0.306 e. The van der Waals surface area contributed by atoms with Crippen molar-refractivity contribution < 1.29 is 44.2 Å². The van der Waals surface area contributed by atoms with Gasteiger partial charge in [0.25, 0.3) is 0 Å². The number of allylic oxidation sites excluding steroid dienone is 2. The molecule has 0 aliphatic carbocycles. The van der Waals surface area contributed by atoms with Gasteiger partial charge in [-0.3, -0.25) is 4.79 Å². The van der Waals surface area contributed by atoms with Gasteiger partial charge in [0, 0.05) is 13.0 Å². The lowest BCUT2D eigenvalue weighted by Gasteiger charge is -2.39. The summed E-state index contributed by atoms with van der Waals surface area (Å²) in [6.07, 6.45) is 39.5. The van der Waals surface area contributed by atoms with Gasteiger partial charge in [0.2, 0.25) is 0 Å². The van der Waals surface area contributed by atoms with Crippen molar-refractivity contribution >= 4 is 5.97 Å². The Labute approximate surface area is 356 Å². The number of carbonyl (C=O) groups excluding carboxylic acids is 1. The predicted molar refractivity (Wildman–Crippen MR) is 238 cm³/mol. The van der Waals surface area contributed by atoms with Gasteiger partial charge in [0.15, 0.2) is 6.29 Å². The van der Waals surface area contributed by atoms with Gasteiger partial charge in [-0.05, 0) is 38.5 Å². The van der Waals surface area contributed by atoms with E-state index >= 15 is 0 Å². The molecule has 1 fully saturated rings. The number of aliphatic hydroxyl groups excluding tert-OH is 4. The third-order valence-corrected chi connectivity index (χ3v) is 11.7. The van der Waals surface area contributed by atoms with E-state index in [0.717, 1.165) is 32.1 Å². The first kappa shape index (κ1) is 54.9. The Kier molecular flexibility index (Phi) is 39.1. The van der Waals surface area contributed by atoms with Crippen LogP contribution in [0.3, 0.4) is 0 Å². The zero-order chi connectivity index (χ0) is 42.2. The van der Waals surface area contributed by atoms with Crippen LogP contribution in [0.5, 0.6) is 0 Å². The lowest BCUT2D eigenvalue weighted by Crippen LogP contribution is -2.59. The lowest BCUT2D eigenvalue weighted by molar-refractivity contribution is -0.305. The topological polar surface area (TPSA) is 135 Å². The van der Waals surface area contributed by atoms with Crippen molar-refractivity contribution in [2.24, 2.45) is 0 Å². The largest absolute Gasteiger partial charge is 0.457 e. The van der Waals surface area contributed by atoms with Crippen molar-refractivity contribution in [1.82, 2.24) is 0 Å². The van der Waals surface area contributed by atoms with Crippen LogP contribution in [0.4, 0.5) is 0 Å². The molecule has 58 heavy (non-hydrogen) atoms. The molecular weight excluding hydrogens is 733 g/mol. The van der Waals surface area contributed by atoms with Gasteiger partial charge in [-0.25, -0.2) is 0 Å². The summed E-state index contributed by atoms with van der Waals surface area (Å²) in [5, 5.41) is 40.2. The van der Waals surface area contributed by atoms with Gasteiger partial charge in [0.05, 0.1) is 19.8 Å². The van der Waals surface area contributed by atoms with E-state index in [4.69, 9.17) is 18.9 Å². The van der Waals surface area contributed by atoms with Crippen molar-refractivity contribution in [2.45, 2.75) is 269 Å². The summed E-state index contributed by atoms with van der Waals surface area (Å²) in [4.78, 5) is 12.8. The number of ether oxygens (including phenoxy) is 4. The van der Waals surface area contributed by atoms with E-state index in [1.54, 1.807) is 0 Å². The molecule has 1 aliphatic rings. The van der Waals surface area contributed by atoms with Gasteiger partial charge in [-0.2, -0.15) is 0 Å². The van der Waals surface area contributed by atoms with Crippen LogP contribution in [0, 0.1) is 0 Å². The van der Waals surface area contributed by atoms with Gasteiger partial charge in [0.1, 0.15) is 30.5 Å². The maximum atomic E-state index is 12.8. The fourth-order valence-electron chi connectivity index (χ4n) is 7.78. The van der Waals surface area contributed by atoms with Gasteiger partial charge in [-0.15, -0.1) is 0 Å². The number of aliphatic hydroxyl groups is 4. The average Bonchev–Trinajstić information content (AvgIpc) is 3.22. The molecule has 9 nitrogen and oxygen atoms in total. The molecule has 4 N–H and O–H groups in total. The number of unbranched alkanes of at least 4 members (excludes halogenated alkanes) is 30. The first-order valence-corrected chi connectivity index (χ1v) is 24.8. The van der Waals surface area contributed by atoms with Crippen molar-refractivity contribution in [2.75, 3.05) is 26.4 Å². The minimum absolute atomic E-state index is 0.109. The quantitative estimate of drug-likeness (QED) is 0.0269. The molecule has 6 atom stereocenters. The van der Waals surface area contributed by atoms with E-state index < -0.39 is 43.4 Å². The first-order chi connectivity index (χ1) is 28.4. The Morgan fingerprint density at radius 1 is 0.534 bits per heavy atom. The van der Waals surface area contributed by atoms with E-state index in [1.165, 1.54) is 180 Å². The third-order valence-electron chi connectivity index (χ3n) is 11.7. The molecule has 1 aliphatic heterocycles. The number of hydrogen-bond donors (Lipinski definition) is 4. The fraction of sp³-hybridized carbons (Fsp3) is 0.939. The second kappa shape index (κ2) is 41.3. The second-order valence-electron chi connectivity index (χ2n) is 17.3. The minimum atomic E-state index is -1.53. The van der Waals surface area contributed by atoms with E-state index in [2.05, 4.69) is 26.0 Å². The molecule has 1 rings (SSSR count). The monoisotopic (exact) mass is 827 g/mol. The molecule has 0 saturated carbocycles. The number of rotatable bonds is 43. The highest BCUT2D eigenvalue weighted by molar-refractivity contribution is 5.69. The Bertz CT molecular complexity index is 899.